The maximum atomic E-state index is 12.5. The largest absolute Gasteiger partial charge is 0.467 e. The zero-order valence-corrected chi connectivity index (χ0v) is 12.6. The minimum absolute atomic E-state index is 0.166. The van der Waals surface area contributed by atoms with Crippen molar-refractivity contribution in [2.24, 2.45) is 0 Å². The number of hydrogen-bond acceptors (Lipinski definition) is 3. The smallest absolute Gasteiger partial charge is 0.399 e. The summed E-state index contributed by atoms with van der Waals surface area (Å²) in [5, 5.41) is 0.688. The van der Waals surface area contributed by atoms with Gasteiger partial charge in [0.15, 0.2) is 0 Å². The van der Waals surface area contributed by atoms with E-state index in [1.54, 1.807) is 30.3 Å². The summed E-state index contributed by atoms with van der Waals surface area (Å²) in [7, 11) is 0. The van der Waals surface area contributed by atoms with Gasteiger partial charge in [-0.15, -0.1) is 0 Å². The summed E-state index contributed by atoms with van der Waals surface area (Å²) in [6.07, 6.45) is 1.50. The monoisotopic (exact) mass is 342 g/mol. The lowest BCUT2D eigenvalue weighted by molar-refractivity contribution is -0.135. The molecule has 2 N–H and O–H groups in total. The highest BCUT2D eigenvalue weighted by molar-refractivity contribution is 6.32. The standard InChI is InChI=1S/C15H13ClF2N2O3/c16-15(17,18)14(22)20-8-10-3-1-4-11(7-10)13(21)19-9-12-5-2-6-23-12/h1-7H,8-9H2,(H,19,21)(H,20,22). The zero-order valence-electron chi connectivity index (χ0n) is 11.8. The molecule has 1 heterocycles. The summed E-state index contributed by atoms with van der Waals surface area (Å²) >= 11 is 4.60. The molecule has 2 rings (SSSR count). The lowest BCUT2D eigenvalue weighted by Crippen LogP contribution is -2.35. The van der Waals surface area contributed by atoms with Gasteiger partial charge in [-0.2, -0.15) is 8.78 Å². The molecule has 2 amide bonds. The van der Waals surface area contributed by atoms with Gasteiger partial charge in [-0.05, 0) is 41.4 Å². The Hall–Kier alpha value is -2.41. The van der Waals surface area contributed by atoms with Crippen molar-refractivity contribution in [2.45, 2.75) is 18.5 Å². The van der Waals surface area contributed by atoms with Crippen LogP contribution in [0.5, 0.6) is 0 Å². The van der Waals surface area contributed by atoms with Crippen LogP contribution in [0.25, 0.3) is 0 Å². The third-order valence-electron chi connectivity index (χ3n) is 2.90. The van der Waals surface area contributed by atoms with Crippen molar-refractivity contribution in [1.82, 2.24) is 10.6 Å². The van der Waals surface area contributed by atoms with Gasteiger partial charge in [0.25, 0.3) is 5.91 Å². The molecule has 0 aliphatic carbocycles. The predicted molar refractivity (Wildman–Crippen MR) is 79.0 cm³/mol. The second kappa shape index (κ2) is 7.23. The summed E-state index contributed by atoms with van der Waals surface area (Å²) in [6, 6.07) is 9.66. The van der Waals surface area contributed by atoms with Gasteiger partial charge in [0, 0.05) is 12.1 Å². The third kappa shape index (κ3) is 5.07. The Morgan fingerprint density at radius 3 is 2.57 bits per heavy atom. The quantitative estimate of drug-likeness (QED) is 0.793. The second-order valence-corrected chi connectivity index (χ2v) is 5.12. The summed E-state index contributed by atoms with van der Waals surface area (Å²) in [6.45, 7) is 0.0612. The molecule has 2 aromatic rings. The van der Waals surface area contributed by atoms with E-state index in [0.717, 1.165) is 0 Å². The molecule has 0 unspecified atom stereocenters. The Morgan fingerprint density at radius 1 is 1.13 bits per heavy atom. The third-order valence-corrected chi connectivity index (χ3v) is 3.07. The van der Waals surface area contributed by atoms with Crippen molar-refractivity contribution in [3.63, 3.8) is 0 Å². The molecular formula is C15H13ClF2N2O3. The minimum Gasteiger partial charge on any atom is -0.467 e. The van der Waals surface area contributed by atoms with Crippen molar-refractivity contribution < 1.29 is 22.8 Å². The Morgan fingerprint density at radius 2 is 1.91 bits per heavy atom. The van der Waals surface area contributed by atoms with Crippen LogP contribution >= 0.6 is 11.6 Å². The lowest BCUT2D eigenvalue weighted by Gasteiger charge is -2.10. The number of furan rings is 1. The van der Waals surface area contributed by atoms with E-state index in [0.29, 0.717) is 16.9 Å². The Balaban J connectivity index is 1.93. The minimum atomic E-state index is -3.96. The van der Waals surface area contributed by atoms with Crippen LogP contribution < -0.4 is 10.6 Å². The molecule has 0 saturated carbocycles. The van der Waals surface area contributed by atoms with Gasteiger partial charge >= 0.3 is 11.3 Å². The summed E-state index contributed by atoms with van der Waals surface area (Å²) in [5.41, 5.74) is 0.825. The number of hydrogen-bond donors (Lipinski definition) is 2. The Kier molecular flexibility index (Phi) is 5.33. The molecule has 0 radical (unpaired) electrons. The Bertz CT molecular complexity index is 684. The number of halogens is 3. The molecule has 0 fully saturated rings. The van der Waals surface area contributed by atoms with Crippen LogP contribution in [0.1, 0.15) is 21.7 Å². The van der Waals surface area contributed by atoms with Crippen LogP contribution in [-0.4, -0.2) is 17.2 Å². The van der Waals surface area contributed by atoms with Gasteiger partial charge in [-0.3, -0.25) is 9.59 Å². The fourth-order valence-corrected chi connectivity index (χ4v) is 1.85. The average molecular weight is 343 g/mol. The van der Waals surface area contributed by atoms with Gasteiger partial charge in [0.1, 0.15) is 5.76 Å². The molecule has 1 aromatic carbocycles. The SMILES string of the molecule is O=C(NCc1ccco1)c1cccc(CNC(=O)C(F)(F)Cl)c1. The van der Waals surface area contributed by atoms with E-state index in [-0.39, 0.29) is 19.0 Å². The van der Waals surface area contributed by atoms with Gasteiger partial charge in [0.2, 0.25) is 0 Å². The number of carbonyl (C=O) groups is 2. The van der Waals surface area contributed by atoms with Gasteiger partial charge in [-0.1, -0.05) is 12.1 Å². The number of amides is 2. The molecule has 0 saturated heterocycles. The molecule has 1 aromatic heterocycles. The number of alkyl halides is 3. The Labute approximate surface area is 135 Å². The van der Waals surface area contributed by atoms with Crippen LogP contribution in [0.15, 0.2) is 47.1 Å². The van der Waals surface area contributed by atoms with Gasteiger partial charge in [0.05, 0.1) is 12.8 Å². The van der Waals surface area contributed by atoms with Crippen molar-refractivity contribution in [3.05, 3.63) is 59.5 Å². The van der Waals surface area contributed by atoms with Gasteiger partial charge in [-0.25, -0.2) is 0 Å². The van der Waals surface area contributed by atoms with Crippen molar-refractivity contribution in [2.75, 3.05) is 0 Å². The molecule has 0 spiro atoms. The van der Waals surface area contributed by atoms with Crippen LogP contribution in [0.3, 0.4) is 0 Å². The molecule has 0 atom stereocenters. The van der Waals surface area contributed by atoms with E-state index in [4.69, 9.17) is 4.42 Å². The predicted octanol–water partition coefficient (Wildman–Crippen LogP) is 2.66. The molecule has 0 aliphatic rings. The van der Waals surface area contributed by atoms with Crippen LogP contribution in [0.2, 0.25) is 0 Å². The summed E-state index contributed by atoms with van der Waals surface area (Å²) in [4.78, 5) is 23.0. The zero-order chi connectivity index (χ0) is 16.9. The molecule has 0 aliphatic heterocycles. The summed E-state index contributed by atoms with van der Waals surface area (Å²) in [5.74, 6) is -1.34. The van der Waals surface area contributed by atoms with E-state index >= 15 is 0 Å². The fourth-order valence-electron chi connectivity index (χ4n) is 1.79. The van der Waals surface area contributed by atoms with E-state index in [2.05, 4.69) is 16.9 Å². The van der Waals surface area contributed by atoms with E-state index in [1.807, 2.05) is 5.32 Å². The number of nitrogens with one attached hydrogen (secondary N) is 2. The highest BCUT2D eigenvalue weighted by Crippen LogP contribution is 2.18. The maximum Gasteiger partial charge on any atom is 0.399 e. The number of rotatable bonds is 6. The van der Waals surface area contributed by atoms with E-state index in [9.17, 15) is 18.4 Å². The molecule has 5 nitrogen and oxygen atoms in total. The van der Waals surface area contributed by atoms with Crippen molar-refractivity contribution >= 4 is 23.4 Å². The normalized spacial score (nSPS) is 11.1. The number of benzene rings is 1. The van der Waals surface area contributed by atoms with Crippen molar-refractivity contribution in [3.8, 4) is 0 Å². The highest BCUT2D eigenvalue weighted by atomic mass is 35.5. The second-order valence-electron chi connectivity index (χ2n) is 4.64. The van der Waals surface area contributed by atoms with Gasteiger partial charge < -0.3 is 15.1 Å². The molecule has 8 heteroatoms. The molecule has 23 heavy (non-hydrogen) atoms. The van der Waals surface area contributed by atoms with Crippen LogP contribution in [-0.2, 0) is 17.9 Å². The van der Waals surface area contributed by atoms with Crippen LogP contribution in [0, 0.1) is 0 Å². The lowest BCUT2D eigenvalue weighted by atomic mass is 10.1. The highest BCUT2D eigenvalue weighted by Gasteiger charge is 2.35. The topological polar surface area (TPSA) is 71.3 Å². The first-order valence-electron chi connectivity index (χ1n) is 6.61. The molecule has 122 valence electrons. The average Bonchev–Trinajstić information content (AvgIpc) is 3.03. The van der Waals surface area contributed by atoms with E-state index in [1.165, 1.54) is 12.3 Å². The van der Waals surface area contributed by atoms with Crippen LogP contribution in [0.4, 0.5) is 8.78 Å². The summed E-state index contributed by atoms with van der Waals surface area (Å²) < 4.78 is 30.2. The molecular weight excluding hydrogens is 330 g/mol. The first kappa shape index (κ1) is 17.0. The van der Waals surface area contributed by atoms with Crippen molar-refractivity contribution in [1.29, 1.82) is 0 Å². The molecule has 0 bridgehead atoms. The van der Waals surface area contributed by atoms with E-state index < -0.39 is 11.3 Å². The maximum absolute atomic E-state index is 12.5. The number of carbonyl (C=O) groups excluding carboxylic acids is 2. The first-order valence-corrected chi connectivity index (χ1v) is 6.98. The first-order chi connectivity index (χ1) is 10.9. The fraction of sp³-hybridized carbons (Fsp3) is 0.200.